The smallest absolute Gasteiger partial charge is 0.158 e. The molecule has 2 aromatic rings. The van der Waals surface area contributed by atoms with Gasteiger partial charge in [0.1, 0.15) is 11.6 Å². The number of likely N-dealkylation sites (N-methyl/N-ethyl adjacent to an activating group) is 1. The Hall–Kier alpha value is -2.74. The molecule has 0 spiro atoms. The van der Waals surface area contributed by atoms with E-state index in [4.69, 9.17) is 10.8 Å². The van der Waals surface area contributed by atoms with Crippen LogP contribution in [0.15, 0.2) is 29.5 Å². The molecule has 0 bridgehead atoms. The van der Waals surface area contributed by atoms with Crippen molar-refractivity contribution in [3.05, 3.63) is 41.5 Å². The largest absolute Gasteiger partial charge is 0.384 e. The van der Waals surface area contributed by atoms with Gasteiger partial charge in [0.25, 0.3) is 0 Å². The van der Waals surface area contributed by atoms with Gasteiger partial charge in [-0.2, -0.15) is 5.10 Å². The number of amidine groups is 1. The lowest BCUT2D eigenvalue weighted by atomic mass is 10.0. The van der Waals surface area contributed by atoms with Gasteiger partial charge in [-0.25, -0.2) is 20.0 Å². The Bertz CT molecular complexity index is 782. The predicted octanol–water partition coefficient (Wildman–Crippen LogP) is 1.55. The maximum absolute atomic E-state index is 5.77. The standard InChI is InChI=1S/C19H28N8/c1-13-10-18(24-14(2)23-13)26(4)25-19(15-7-8-17(20)22-11-15)27-9-5-6-16(12-27)21-3/h7-8,10-11,16,21H,5-6,9,12H2,1-4H3,(H2,20,22)/b25-19+. The Morgan fingerprint density at radius 3 is 2.81 bits per heavy atom. The quantitative estimate of drug-likeness (QED) is 0.480. The van der Waals surface area contributed by atoms with Crippen LogP contribution < -0.4 is 16.1 Å². The van der Waals surface area contributed by atoms with E-state index < -0.39 is 0 Å². The minimum Gasteiger partial charge on any atom is -0.384 e. The van der Waals surface area contributed by atoms with Gasteiger partial charge in [0.05, 0.1) is 0 Å². The van der Waals surface area contributed by atoms with Crippen molar-refractivity contribution >= 4 is 17.5 Å². The lowest BCUT2D eigenvalue weighted by molar-refractivity contribution is 0.285. The van der Waals surface area contributed by atoms with Crippen molar-refractivity contribution in [1.82, 2.24) is 25.2 Å². The number of nitrogens with zero attached hydrogens (tertiary/aromatic N) is 6. The highest BCUT2D eigenvalue weighted by Crippen LogP contribution is 2.18. The minimum absolute atomic E-state index is 0.444. The van der Waals surface area contributed by atoms with Crippen molar-refractivity contribution in [3.8, 4) is 0 Å². The van der Waals surface area contributed by atoms with E-state index in [1.807, 2.05) is 46.1 Å². The summed E-state index contributed by atoms with van der Waals surface area (Å²) in [5.74, 6) is 2.87. The highest BCUT2D eigenvalue weighted by molar-refractivity contribution is 5.99. The minimum atomic E-state index is 0.444. The third kappa shape index (κ3) is 4.71. The summed E-state index contributed by atoms with van der Waals surface area (Å²) >= 11 is 0. The van der Waals surface area contributed by atoms with E-state index >= 15 is 0 Å². The van der Waals surface area contributed by atoms with E-state index in [0.29, 0.717) is 11.9 Å². The summed E-state index contributed by atoms with van der Waals surface area (Å²) < 4.78 is 0. The highest BCUT2D eigenvalue weighted by atomic mass is 15.5. The molecule has 1 aliphatic rings. The number of piperidine rings is 1. The summed E-state index contributed by atoms with van der Waals surface area (Å²) in [5.41, 5.74) is 7.63. The molecule has 1 aliphatic heterocycles. The van der Waals surface area contributed by atoms with Crippen LogP contribution in [0, 0.1) is 13.8 Å². The number of hydrogen-bond donors (Lipinski definition) is 2. The van der Waals surface area contributed by atoms with Crippen molar-refractivity contribution in [2.24, 2.45) is 5.10 Å². The van der Waals surface area contributed by atoms with Crippen molar-refractivity contribution in [2.75, 3.05) is 37.9 Å². The number of hydrogen-bond acceptors (Lipinski definition) is 7. The number of aromatic nitrogens is 3. The fourth-order valence-corrected chi connectivity index (χ4v) is 3.30. The Morgan fingerprint density at radius 2 is 2.15 bits per heavy atom. The molecule has 0 amide bonds. The summed E-state index contributed by atoms with van der Waals surface area (Å²) in [5, 5.41) is 10.1. The molecule has 0 aliphatic carbocycles. The first kappa shape index (κ1) is 19.0. The number of likely N-dealkylation sites (tertiary alicyclic amines) is 1. The van der Waals surface area contributed by atoms with Crippen molar-refractivity contribution in [1.29, 1.82) is 0 Å². The van der Waals surface area contributed by atoms with E-state index in [-0.39, 0.29) is 0 Å². The predicted molar refractivity (Wildman–Crippen MR) is 109 cm³/mol. The first-order valence-corrected chi connectivity index (χ1v) is 9.25. The number of pyridine rings is 1. The van der Waals surface area contributed by atoms with Gasteiger partial charge in [0.15, 0.2) is 11.7 Å². The average molecular weight is 368 g/mol. The van der Waals surface area contributed by atoms with Crippen LogP contribution in [0.2, 0.25) is 0 Å². The molecular formula is C19H28N8. The third-order valence-corrected chi connectivity index (χ3v) is 4.70. The molecular weight excluding hydrogens is 340 g/mol. The maximum Gasteiger partial charge on any atom is 0.158 e. The first-order valence-electron chi connectivity index (χ1n) is 9.25. The number of aryl methyl sites for hydroxylation is 2. The van der Waals surface area contributed by atoms with Gasteiger partial charge in [0, 0.05) is 49.7 Å². The highest BCUT2D eigenvalue weighted by Gasteiger charge is 2.23. The van der Waals surface area contributed by atoms with Crippen LogP contribution in [0.4, 0.5) is 11.6 Å². The molecule has 0 aromatic carbocycles. The fraction of sp³-hybridized carbons (Fsp3) is 0.474. The monoisotopic (exact) mass is 368 g/mol. The van der Waals surface area contributed by atoms with Gasteiger partial charge < -0.3 is 16.0 Å². The van der Waals surface area contributed by atoms with Gasteiger partial charge in [-0.1, -0.05) is 0 Å². The Morgan fingerprint density at radius 1 is 1.33 bits per heavy atom. The first-order chi connectivity index (χ1) is 13.0. The summed E-state index contributed by atoms with van der Waals surface area (Å²) in [6.45, 7) is 5.70. The molecule has 1 saturated heterocycles. The van der Waals surface area contributed by atoms with Gasteiger partial charge in [0.2, 0.25) is 0 Å². The van der Waals surface area contributed by atoms with E-state index in [1.54, 1.807) is 11.2 Å². The van der Waals surface area contributed by atoms with Crippen molar-refractivity contribution in [2.45, 2.75) is 32.7 Å². The summed E-state index contributed by atoms with van der Waals surface area (Å²) in [4.78, 5) is 15.4. The van der Waals surface area contributed by atoms with Crippen LogP contribution in [-0.4, -0.2) is 58.9 Å². The maximum atomic E-state index is 5.77. The molecule has 144 valence electrons. The number of rotatable bonds is 4. The number of hydrazone groups is 1. The molecule has 2 aromatic heterocycles. The second-order valence-electron chi connectivity index (χ2n) is 6.91. The van der Waals surface area contributed by atoms with E-state index in [9.17, 15) is 0 Å². The van der Waals surface area contributed by atoms with Crippen LogP contribution in [-0.2, 0) is 0 Å². The topological polar surface area (TPSA) is 95.6 Å². The Balaban J connectivity index is 1.97. The van der Waals surface area contributed by atoms with Gasteiger partial charge in [-0.05, 0) is 45.9 Å². The normalized spacial score (nSPS) is 17.9. The zero-order valence-corrected chi connectivity index (χ0v) is 16.5. The van der Waals surface area contributed by atoms with E-state index in [1.165, 1.54) is 6.42 Å². The molecule has 8 nitrogen and oxygen atoms in total. The molecule has 27 heavy (non-hydrogen) atoms. The molecule has 3 rings (SSSR count). The summed E-state index contributed by atoms with van der Waals surface area (Å²) in [7, 11) is 3.92. The lowest BCUT2D eigenvalue weighted by Gasteiger charge is -2.35. The molecule has 3 heterocycles. The van der Waals surface area contributed by atoms with Crippen molar-refractivity contribution < 1.29 is 0 Å². The molecule has 0 radical (unpaired) electrons. The summed E-state index contributed by atoms with van der Waals surface area (Å²) in [6.07, 6.45) is 4.06. The number of anilines is 2. The van der Waals surface area contributed by atoms with Gasteiger partial charge >= 0.3 is 0 Å². The van der Waals surface area contributed by atoms with Crippen molar-refractivity contribution in [3.63, 3.8) is 0 Å². The van der Waals surface area contributed by atoms with Crippen LogP contribution in [0.5, 0.6) is 0 Å². The molecule has 0 saturated carbocycles. The molecule has 1 fully saturated rings. The zero-order chi connectivity index (χ0) is 19.4. The molecule has 8 heteroatoms. The van der Waals surface area contributed by atoms with Gasteiger partial charge in [-0.3, -0.25) is 0 Å². The number of nitrogens with two attached hydrogens (primary N) is 1. The third-order valence-electron chi connectivity index (χ3n) is 4.70. The van der Waals surface area contributed by atoms with Crippen LogP contribution in [0.1, 0.15) is 29.9 Å². The summed E-state index contributed by atoms with van der Waals surface area (Å²) in [6, 6.07) is 6.15. The van der Waals surface area contributed by atoms with Gasteiger partial charge in [-0.15, -0.1) is 0 Å². The number of nitrogens with one attached hydrogen (secondary N) is 1. The Labute approximate surface area is 160 Å². The average Bonchev–Trinajstić information content (AvgIpc) is 2.66. The lowest BCUT2D eigenvalue weighted by Crippen LogP contribution is -2.47. The van der Waals surface area contributed by atoms with E-state index in [2.05, 4.69) is 25.2 Å². The second kappa shape index (κ2) is 8.30. The number of nitrogen functional groups attached to an aromatic ring is 1. The molecule has 1 atom stereocenters. The van der Waals surface area contributed by atoms with Crippen LogP contribution in [0.25, 0.3) is 0 Å². The molecule has 1 unspecified atom stereocenters. The van der Waals surface area contributed by atoms with Crippen LogP contribution in [0.3, 0.4) is 0 Å². The zero-order valence-electron chi connectivity index (χ0n) is 16.5. The Kier molecular flexibility index (Phi) is 5.85. The SMILES string of the molecule is CNC1CCCN(/C(=N/N(C)c2cc(C)nc(C)n2)c2ccc(N)nc2)C1. The van der Waals surface area contributed by atoms with Crippen LogP contribution >= 0.6 is 0 Å². The fourth-order valence-electron chi connectivity index (χ4n) is 3.30. The van der Waals surface area contributed by atoms with E-state index in [0.717, 1.165) is 48.2 Å². The molecule has 3 N–H and O–H groups in total. The second-order valence-corrected chi connectivity index (χ2v) is 6.91.